The molecule has 0 aliphatic rings. The Morgan fingerprint density at radius 3 is 2.32 bits per heavy atom. The number of hydrogen-bond donors (Lipinski definition) is 3. The van der Waals surface area contributed by atoms with E-state index in [-0.39, 0.29) is 0 Å². The van der Waals surface area contributed by atoms with E-state index in [0.29, 0.717) is 6.42 Å². The lowest BCUT2D eigenvalue weighted by atomic mass is 10.00. The molecule has 0 unspecified atom stereocenters. The second-order valence-corrected chi connectivity index (χ2v) is 4.43. The molecule has 0 saturated carbocycles. The molecule has 0 radical (unpaired) electrons. The van der Waals surface area contributed by atoms with Gasteiger partial charge in [0, 0.05) is 11.3 Å². The van der Waals surface area contributed by atoms with Gasteiger partial charge >= 0.3 is 5.97 Å². The highest BCUT2D eigenvalue weighted by atomic mass is 16.4. The summed E-state index contributed by atoms with van der Waals surface area (Å²) in [6.45, 7) is 0. The van der Waals surface area contributed by atoms with Crippen LogP contribution in [0.3, 0.4) is 0 Å². The maximum Gasteiger partial charge on any atom is 0.320 e. The van der Waals surface area contributed by atoms with E-state index in [0.717, 1.165) is 22.4 Å². The fourth-order valence-electron chi connectivity index (χ4n) is 1.92. The summed E-state index contributed by atoms with van der Waals surface area (Å²) in [5, 5.41) is 8.77. The monoisotopic (exact) mass is 256 g/mol. The van der Waals surface area contributed by atoms with Crippen LogP contribution in [0.4, 0.5) is 5.69 Å². The molecule has 0 aliphatic heterocycles. The molecule has 2 aromatic rings. The number of carboxylic acids is 1. The van der Waals surface area contributed by atoms with Crippen LogP contribution in [0, 0.1) is 0 Å². The first-order valence-corrected chi connectivity index (χ1v) is 6.00. The predicted molar refractivity (Wildman–Crippen MR) is 75.6 cm³/mol. The quantitative estimate of drug-likeness (QED) is 0.729. The van der Waals surface area contributed by atoms with Crippen molar-refractivity contribution in [1.82, 2.24) is 0 Å². The number of aliphatic carboxylic acids is 1. The first-order chi connectivity index (χ1) is 9.08. The molecule has 4 nitrogen and oxygen atoms in total. The highest BCUT2D eigenvalue weighted by Crippen LogP contribution is 2.25. The number of rotatable bonds is 4. The Kier molecular flexibility index (Phi) is 3.82. The molecule has 5 N–H and O–H groups in total. The van der Waals surface area contributed by atoms with Crippen molar-refractivity contribution in [3.8, 4) is 11.1 Å². The van der Waals surface area contributed by atoms with Crippen molar-refractivity contribution in [3.05, 3.63) is 54.1 Å². The van der Waals surface area contributed by atoms with Gasteiger partial charge < -0.3 is 16.6 Å². The third-order valence-electron chi connectivity index (χ3n) is 3.00. The number of carboxylic acid groups (broad SMARTS) is 1. The molecule has 0 amide bonds. The minimum Gasteiger partial charge on any atom is -0.480 e. The van der Waals surface area contributed by atoms with E-state index >= 15 is 0 Å². The summed E-state index contributed by atoms with van der Waals surface area (Å²) in [4.78, 5) is 10.7. The molecular weight excluding hydrogens is 240 g/mol. The second-order valence-electron chi connectivity index (χ2n) is 4.43. The van der Waals surface area contributed by atoms with Crippen LogP contribution < -0.4 is 11.5 Å². The van der Waals surface area contributed by atoms with Crippen molar-refractivity contribution in [2.45, 2.75) is 12.5 Å². The van der Waals surface area contributed by atoms with Gasteiger partial charge in [-0.05, 0) is 23.6 Å². The number of anilines is 1. The van der Waals surface area contributed by atoms with Crippen LogP contribution in [0.15, 0.2) is 48.5 Å². The summed E-state index contributed by atoms with van der Waals surface area (Å²) in [5.41, 5.74) is 15.0. The number of carbonyl (C=O) groups is 1. The Hall–Kier alpha value is -2.33. The first kappa shape index (κ1) is 13.1. The zero-order valence-electron chi connectivity index (χ0n) is 10.4. The van der Waals surface area contributed by atoms with Crippen molar-refractivity contribution in [1.29, 1.82) is 0 Å². The zero-order valence-corrected chi connectivity index (χ0v) is 10.4. The third-order valence-corrected chi connectivity index (χ3v) is 3.00. The smallest absolute Gasteiger partial charge is 0.320 e. The summed E-state index contributed by atoms with van der Waals surface area (Å²) in [7, 11) is 0. The SMILES string of the molecule is Nc1ccccc1-c1ccc(C[C@H](N)C(=O)O)cc1. The Morgan fingerprint density at radius 1 is 1.11 bits per heavy atom. The lowest BCUT2D eigenvalue weighted by molar-refractivity contribution is -0.138. The Morgan fingerprint density at radius 2 is 1.74 bits per heavy atom. The van der Waals surface area contributed by atoms with Crippen LogP contribution in [0.2, 0.25) is 0 Å². The van der Waals surface area contributed by atoms with E-state index in [9.17, 15) is 4.79 Å². The van der Waals surface area contributed by atoms with Gasteiger partial charge in [-0.15, -0.1) is 0 Å². The minimum absolute atomic E-state index is 0.319. The van der Waals surface area contributed by atoms with Crippen molar-refractivity contribution in [2.75, 3.05) is 5.73 Å². The molecule has 0 saturated heterocycles. The van der Waals surface area contributed by atoms with Gasteiger partial charge in [0.05, 0.1) is 0 Å². The third kappa shape index (κ3) is 3.11. The normalized spacial score (nSPS) is 12.1. The van der Waals surface area contributed by atoms with E-state index < -0.39 is 12.0 Å². The Bertz CT molecular complexity index is 579. The number of para-hydroxylation sites is 1. The number of benzene rings is 2. The molecule has 0 bridgehead atoms. The summed E-state index contributed by atoms with van der Waals surface area (Å²) in [6.07, 6.45) is 0.319. The number of hydrogen-bond acceptors (Lipinski definition) is 3. The van der Waals surface area contributed by atoms with Crippen LogP contribution in [0.25, 0.3) is 11.1 Å². The average Bonchev–Trinajstić information content (AvgIpc) is 2.40. The first-order valence-electron chi connectivity index (χ1n) is 6.00. The maximum absolute atomic E-state index is 10.7. The van der Waals surface area contributed by atoms with E-state index in [1.807, 2.05) is 48.5 Å². The molecule has 4 heteroatoms. The van der Waals surface area contributed by atoms with E-state index in [1.165, 1.54) is 0 Å². The molecule has 2 rings (SSSR count). The molecule has 19 heavy (non-hydrogen) atoms. The molecule has 0 heterocycles. The van der Waals surface area contributed by atoms with Crippen LogP contribution >= 0.6 is 0 Å². The molecule has 0 aliphatic carbocycles. The summed E-state index contributed by atoms with van der Waals surface area (Å²) >= 11 is 0. The lowest BCUT2D eigenvalue weighted by Crippen LogP contribution is -2.32. The molecule has 0 spiro atoms. The number of nitrogens with two attached hydrogens (primary N) is 2. The van der Waals surface area contributed by atoms with Gasteiger partial charge in [-0.2, -0.15) is 0 Å². The molecular formula is C15H16N2O2. The van der Waals surface area contributed by atoms with Gasteiger partial charge in [-0.1, -0.05) is 42.5 Å². The zero-order chi connectivity index (χ0) is 13.8. The second kappa shape index (κ2) is 5.54. The Balaban J connectivity index is 2.19. The van der Waals surface area contributed by atoms with Gasteiger partial charge in [0.1, 0.15) is 6.04 Å². The van der Waals surface area contributed by atoms with Gasteiger partial charge in [0.25, 0.3) is 0 Å². The molecule has 98 valence electrons. The van der Waals surface area contributed by atoms with E-state index in [1.54, 1.807) is 0 Å². The fourth-order valence-corrected chi connectivity index (χ4v) is 1.92. The molecule has 0 aromatic heterocycles. The van der Waals surface area contributed by atoms with Gasteiger partial charge in [-0.25, -0.2) is 0 Å². The van der Waals surface area contributed by atoms with Gasteiger partial charge in [0.15, 0.2) is 0 Å². The maximum atomic E-state index is 10.7. The van der Waals surface area contributed by atoms with Crippen LogP contribution in [-0.4, -0.2) is 17.1 Å². The van der Waals surface area contributed by atoms with E-state index in [4.69, 9.17) is 16.6 Å². The fraction of sp³-hybridized carbons (Fsp3) is 0.133. The topological polar surface area (TPSA) is 89.3 Å². The van der Waals surface area contributed by atoms with Gasteiger partial charge in [0.2, 0.25) is 0 Å². The van der Waals surface area contributed by atoms with Gasteiger partial charge in [-0.3, -0.25) is 4.79 Å². The van der Waals surface area contributed by atoms with Crippen LogP contribution in [-0.2, 0) is 11.2 Å². The highest BCUT2D eigenvalue weighted by Gasteiger charge is 2.12. The molecule has 0 fully saturated rings. The lowest BCUT2D eigenvalue weighted by Gasteiger charge is -2.09. The minimum atomic E-state index is -0.989. The van der Waals surface area contributed by atoms with Crippen LogP contribution in [0.1, 0.15) is 5.56 Å². The summed E-state index contributed by atoms with van der Waals surface area (Å²) in [5.74, 6) is -0.989. The van der Waals surface area contributed by atoms with Crippen molar-refractivity contribution in [3.63, 3.8) is 0 Å². The largest absolute Gasteiger partial charge is 0.480 e. The van der Waals surface area contributed by atoms with Crippen LogP contribution in [0.5, 0.6) is 0 Å². The molecule has 2 aromatic carbocycles. The molecule has 1 atom stereocenters. The predicted octanol–water partition coefficient (Wildman–Crippen LogP) is 1.89. The standard InChI is InChI=1S/C15H16N2O2/c16-13-4-2-1-3-12(13)11-7-5-10(6-8-11)9-14(17)15(18)19/h1-8,14H,9,16-17H2,(H,18,19)/t14-/m0/s1. The van der Waals surface area contributed by atoms with Crippen molar-refractivity contribution >= 4 is 11.7 Å². The number of nitrogen functional groups attached to an aromatic ring is 1. The van der Waals surface area contributed by atoms with E-state index in [2.05, 4.69) is 0 Å². The Labute approximate surface area is 111 Å². The summed E-state index contributed by atoms with van der Waals surface area (Å²) < 4.78 is 0. The summed E-state index contributed by atoms with van der Waals surface area (Å²) in [6, 6.07) is 14.4. The van der Waals surface area contributed by atoms with Crippen molar-refractivity contribution < 1.29 is 9.90 Å². The average molecular weight is 256 g/mol. The van der Waals surface area contributed by atoms with Crippen molar-refractivity contribution in [2.24, 2.45) is 5.73 Å². The highest BCUT2D eigenvalue weighted by molar-refractivity contribution is 5.76.